The summed E-state index contributed by atoms with van der Waals surface area (Å²) in [7, 11) is 2.17. The molecule has 0 spiro atoms. The second-order valence-corrected chi connectivity index (χ2v) is 7.72. The van der Waals surface area contributed by atoms with Crippen LogP contribution in [0.3, 0.4) is 0 Å². The quantitative estimate of drug-likeness (QED) is 0.383. The number of hydrogen-bond donors (Lipinski definition) is 3. The monoisotopic (exact) mass is 423 g/mol. The van der Waals surface area contributed by atoms with Crippen molar-refractivity contribution in [3.05, 3.63) is 71.3 Å². The molecule has 0 aliphatic carbocycles. The lowest BCUT2D eigenvalue weighted by atomic mass is 10.1. The van der Waals surface area contributed by atoms with Gasteiger partial charge in [-0.05, 0) is 57.5 Å². The zero-order valence-corrected chi connectivity index (χ0v) is 19.3. The largest absolute Gasteiger partial charge is 0.357 e. The highest BCUT2D eigenvalue weighted by Gasteiger charge is 2.10. The van der Waals surface area contributed by atoms with Crippen molar-refractivity contribution >= 4 is 11.9 Å². The van der Waals surface area contributed by atoms with E-state index in [1.165, 1.54) is 5.56 Å². The number of amides is 1. The Labute approximate surface area is 187 Å². The molecule has 6 heteroatoms. The highest BCUT2D eigenvalue weighted by Crippen LogP contribution is 2.08. The highest BCUT2D eigenvalue weighted by atomic mass is 16.1. The lowest BCUT2D eigenvalue weighted by Crippen LogP contribution is -2.40. The number of carbonyl (C=O) groups is 1. The Balaban J connectivity index is 1.82. The Bertz CT molecular complexity index is 804. The first kappa shape index (κ1) is 24.4. The van der Waals surface area contributed by atoms with Gasteiger partial charge in [0.25, 0.3) is 5.91 Å². The average Bonchev–Trinajstić information content (AvgIpc) is 2.78. The molecule has 0 saturated heterocycles. The average molecular weight is 424 g/mol. The van der Waals surface area contributed by atoms with Gasteiger partial charge in [-0.2, -0.15) is 0 Å². The molecule has 0 radical (unpaired) electrons. The zero-order valence-electron chi connectivity index (χ0n) is 19.3. The predicted octanol–water partition coefficient (Wildman–Crippen LogP) is 3.40. The SMILES string of the molecule is CCNC(=O)c1ccc(CN=C(NCC)NCCC(C)N(C)Cc2ccccc2)cc1. The van der Waals surface area contributed by atoms with Crippen LogP contribution in [0.15, 0.2) is 59.6 Å². The number of aliphatic imine (C=N–C) groups is 1. The number of hydrogen-bond acceptors (Lipinski definition) is 3. The van der Waals surface area contributed by atoms with E-state index in [0.29, 0.717) is 24.7 Å². The third kappa shape index (κ3) is 8.80. The molecule has 6 nitrogen and oxygen atoms in total. The standard InChI is InChI=1S/C25H37N5O/c1-5-26-24(31)23-14-12-21(13-15-23)18-29-25(27-6-2)28-17-16-20(3)30(4)19-22-10-8-7-9-11-22/h7-15,20H,5-6,16-19H2,1-4H3,(H,26,31)(H2,27,28,29). The molecular weight excluding hydrogens is 386 g/mol. The van der Waals surface area contributed by atoms with Crippen LogP contribution < -0.4 is 16.0 Å². The number of nitrogens with zero attached hydrogens (tertiary/aromatic N) is 2. The lowest BCUT2D eigenvalue weighted by molar-refractivity contribution is 0.0956. The van der Waals surface area contributed by atoms with E-state index in [0.717, 1.165) is 37.6 Å². The third-order valence-electron chi connectivity index (χ3n) is 5.20. The number of guanidine groups is 1. The van der Waals surface area contributed by atoms with Gasteiger partial charge in [0, 0.05) is 37.8 Å². The highest BCUT2D eigenvalue weighted by molar-refractivity contribution is 5.94. The number of carbonyl (C=O) groups excluding carboxylic acids is 1. The van der Waals surface area contributed by atoms with Gasteiger partial charge in [-0.3, -0.25) is 9.69 Å². The van der Waals surface area contributed by atoms with Gasteiger partial charge in [-0.15, -0.1) is 0 Å². The van der Waals surface area contributed by atoms with E-state index in [2.05, 4.69) is 77.1 Å². The molecule has 1 amide bonds. The summed E-state index contributed by atoms with van der Waals surface area (Å²) in [4.78, 5) is 18.9. The first-order valence-corrected chi connectivity index (χ1v) is 11.2. The van der Waals surface area contributed by atoms with Crippen molar-refractivity contribution in [3.63, 3.8) is 0 Å². The Morgan fingerprint density at radius 2 is 1.61 bits per heavy atom. The molecule has 0 heterocycles. The molecule has 0 fully saturated rings. The van der Waals surface area contributed by atoms with Crippen LogP contribution in [-0.2, 0) is 13.1 Å². The van der Waals surface area contributed by atoms with Crippen molar-refractivity contribution < 1.29 is 4.79 Å². The summed E-state index contributed by atoms with van der Waals surface area (Å²) in [5.41, 5.74) is 3.08. The van der Waals surface area contributed by atoms with Gasteiger partial charge in [-0.25, -0.2) is 4.99 Å². The van der Waals surface area contributed by atoms with Gasteiger partial charge in [0.05, 0.1) is 6.54 Å². The molecule has 2 aromatic rings. The van der Waals surface area contributed by atoms with Crippen molar-refractivity contribution in [2.75, 3.05) is 26.7 Å². The molecule has 0 aliphatic rings. The fourth-order valence-corrected chi connectivity index (χ4v) is 3.18. The van der Waals surface area contributed by atoms with E-state index >= 15 is 0 Å². The fraction of sp³-hybridized carbons (Fsp3) is 0.440. The molecule has 0 aliphatic heterocycles. The van der Waals surface area contributed by atoms with Crippen molar-refractivity contribution in [2.24, 2.45) is 4.99 Å². The Morgan fingerprint density at radius 1 is 0.935 bits per heavy atom. The van der Waals surface area contributed by atoms with Crippen molar-refractivity contribution in [2.45, 2.75) is 46.3 Å². The fourth-order valence-electron chi connectivity index (χ4n) is 3.18. The summed E-state index contributed by atoms with van der Waals surface area (Å²) in [5.74, 6) is 0.770. The molecule has 1 unspecified atom stereocenters. The number of nitrogens with one attached hydrogen (secondary N) is 3. The molecule has 2 rings (SSSR count). The summed E-state index contributed by atoms with van der Waals surface area (Å²) in [6.07, 6.45) is 1.02. The van der Waals surface area contributed by atoms with Crippen LogP contribution in [0.2, 0.25) is 0 Å². The van der Waals surface area contributed by atoms with Gasteiger partial charge in [0.15, 0.2) is 5.96 Å². The molecule has 1 atom stereocenters. The van der Waals surface area contributed by atoms with Crippen LogP contribution in [0.1, 0.15) is 48.7 Å². The topological polar surface area (TPSA) is 68.8 Å². The van der Waals surface area contributed by atoms with Crippen LogP contribution in [0.25, 0.3) is 0 Å². The van der Waals surface area contributed by atoms with Crippen LogP contribution in [-0.4, -0.2) is 49.5 Å². The minimum absolute atomic E-state index is 0.0427. The predicted molar refractivity (Wildman–Crippen MR) is 129 cm³/mol. The Hall–Kier alpha value is -2.86. The van der Waals surface area contributed by atoms with E-state index < -0.39 is 0 Å². The Kier molecular flexibility index (Phi) is 10.6. The molecule has 0 saturated carbocycles. The molecule has 0 aromatic heterocycles. The van der Waals surface area contributed by atoms with Crippen molar-refractivity contribution in [1.29, 1.82) is 0 Å². The number of benzene rings is 2. The van der Waals surface area contributed by atoms with Gasteiger partial charge in [0.2, 0.25) is 0 Å². The normalized spacial score (nSPS) is 12.5. The zero-order chi connectivity index (χ0) is 22.5. The van der Waals surface area contributed by atoms with E-state index in [9.17, 15) is 4.79 Å². The van der Waals surface area contributed by atoms with E-state index in [1.54, 1.807) is 0 Å². The molecular formula is C25H37N5O. The lowest BCUT2D eigenvalue weighted by Gasteiger charge is -2.25. The minimum atomic E-state index is -0.0427. The van der Waals surface area contributed by atoms with Gasteiger partial charge in [0.1, 0.15) is 0 Å². The second kappa shape index (κ2) is 13.4. The maximum atomic E-state index is 11.9. The molecule has 2 aromatic carbocycles. The summed E-state index contributed by atoms with van der Waals surface area (Å²) in [6, 6.07) is 18.6. The molecule has 0 bridgehead atoms. The Morgan fingerprint density at radius 3 is 2.26 bits per heavy atom. The van der Waals surface area contributed by atoms with E-state index in [1.807, 2.05) is 31.2 Å². The van der Waals surface area contributed by atoms with Gasteiger partial charge in [-0.1, -0.05) is 42.5 Å². The minimum Gasteiger partial charge on any atom is -0.357 e. The van der Waals surface area contributed by atoms with Crippen LogP contribution in [0, 0.1) is 0 Å². The van der Waals surface area contributed by atoms with Gasteiger partial charge < -0.3 is 16.0 Å². The maximum Gasteiger partial charge on any atom is 0.251 e. The van der Waals surface area contributed by atoms with Crippen LogP contribution in [0.5, 0.6) is 0 Å². The summed E-state index contributed by atoms with van der Waals surface area (Å²) >= 11 is 0. The second-order valence-electron chi connectivity index (χ2n) is 7.72. The summed E-state index contributed by atoms with van der Waals surface area (Å²) < 4.78 is 0. The summed E-state index contributed by atoms with van der Waals surface area (Å²) in [5, 5.41) is 9.55. The van der Waals surface area contributed by atoms with Crippen LogP contribution >= 0.6 is 0 Å². The van der Waals surface area contributed by atoms with Crippen molar-refractivity contribution in [1.82, 2.24) is 20.9 Å². The van der Waals surface area contributed by atoms with E-state index in [-0.39, 0.29) is 5.91 Å². The van der Waals surface area contributed by atoms with Crippen LogP contribution in [0.4, 0.5) is 0 Å². The smallest absolute Gasteiger partial charge is 0.251 e. The molecule has 3 N–H and O–H groups in total. The van der Waals surface area contributed by atoms with Gasteiger partial charge >= 0.3 is 0 Å². The number of rotatable bonds is 11. The maximum absolute atomic E-state index is 11.9. The third-order valence-corrected chi connectivity index (χ3v) is 5.20. The van der Waals surface area contributed by atoms with Crippen molar-refractivity contribution in [3.8, 4) is 0 Å². The molecule has 168 valence electrons. The van der Waals surface area contributed by atoms with E-state index in [4.69, 9.17) is 0 Å². The first-order chi connectivity index (χ1) is 15.0. The summed E-state index contributed by atoms with van der Waals surface area (Å²) in [6.45, 7) is 10.0. The molecule has 31 heavy (non-hydrogen) atoms. The first-order valence-electron chi connectivity index (χ1n) is 11.2.